The van der Waals surface area contributed by atoms with Crippen LogP contribution in [0.3, 0.4) is 0 Å². The van der Waals surface area contributed by atoms with Gasteiger partial charge in [0.05, 0.1) is 18.8 Å². The maximum Gasteiger partial charge on any atom is 0.229 e. The van der Waals surface area contributed by atoms with Crippen LogP contribution in [0.15, 0.2) is 30.6 Å². The lowest BCUT2D eigenvalue weighted by Crippen LogP contribution is -2.16. The van der Waals surface area contributed by atoms with E-state index in [1.54, 1.807) is 0 Å². The molecule has 0 bridgehead atoms. The van der Waals surface area contributed by atoms with E-state index in [1.807, 2.05) is 32.0 Å². The molecule has 0 spiro atoms. The van der Waals surface area contributed by atoms with Crippen LogP contribution in [0.2, 0.25) is 5.15 Å². The monoisotopic (exact) mass is 275 g/mol. The lowest BCUT2D eigenvalue weighted by Gasteiger charge is -2.07. The van der Waals surface area contributed by atoms with Crippen LogP contribution < -0.4 is 5.32 Å². The Labute approximate surface area is 116 Å². The van der Waals surface area contributed by atoms with Gasteiger partial charge in [-0.1, -0.05) is 35.4 Å². The number of amides is 1. The highest BCUT2D eigenvalue weighted by atomic mass is 35.5. The lowest BCUT2D eigenvalue weighted by atomic mass is 10.0. The van der Waals surface area contributed by atoms with Gasteiger partial charge in [-0.15, -0.1) is 0 Å². The normalized spacial score (nSPS) is 10.3. The average Bonchev–Trinajstić information content (AvgIpc) is 2.37. The molecule has 1 aromatic carbocycles. The summed E-state index contributed by atoms with van der Waals surface area (Å²) in [6, 6.07) is 6.06. The standard InChI is InChI=1S/C14H14ClN3O/c1-9-3-4-10(2)11(5-9)6-14(19)18-13-8-16-12(15)7-17-13/h3-5,7-8H,6H2,1-2H3,(H,17,18,19). The molecule has 19 heavy (non-hydrogen) atoms. The molecular formula is C14H14ClN3O. The quantitative estimate of drug-likeness (QED) is 0.937. The maximum atomic E-state index is 11.9. The first-order valence-electron chi connectivity index (χ1n) is 5.88. The molecule has 0 aliphatic heterocycles. The summed E-state index contributed by atoms with van der Waals surface area (Å²) in [7, 11) is 0. The van der Waals surface area contributed by atoms with Crippen LogP contribution in [-0.4, -0.2) is 15.9 Å². The van der Waals surface area contributed by atoms with E-state index in [0.717, 1.165) is 16.7 Å². The Hall–Kier alpha value is -1.94. The first-order chi connectivity index (χ1) is 9.04. The summed E-state index contributed by atoms with van der Waals surface area (Å²) in [6.45, 7) is 4.00. The predicted molar refractivity (Wildman–Crippen MR) is 75.3 cm³/mol. The highest BCUT2D eigenvalue weighted by molar-refractivity contribution is 6.29. The molecule has 0 radical (unpaired) electrons. The topological polar surface area (TPSA) is 54.9 Å². The Morgan fingerprint density at radius 2 is 2.05 bits per heavy atom. The number of aryl methyl sites for hydroxylation is 2. The fourth-order valence-electron chi connectivity index (χ4n) is 1.73. The molecule has 1 N–H and O–H groups in total. The Kier molecular flexibility index (Phi) is 4.12. The Bertz CT molecular complexity index is 596. The summed E-state index contributed by atoms with van der Waals surface area (Å²) in [4.78, 5) is 19.8. The van der Waals surface area contributed by atoms with Crippen molar-refractivity contribution in [3.05, 3.63) is 52.4 Å². The number of benzene rings is 1. The Morgan fingerprint density at radius 3 is 2.74 bits per heavy atom. The van der Waals surface area contributed by atoms with Crippen molar-refractivity contribution >= 4 is 23.3 Å². The fraction of sp³-hybridized carbons (Fsp3) is 0.214. The van der Waals surface area contributed by atoms with Crippen molar-refractivity contribution in [3.8, 4) is 0 Å². The summed E-state index contributed by atoms with van der Waals surface area (Å²) in [5, 5.41) is 2.99. The molecule has 0 saturated carbocycles. The minimum absolute atomic E-state index is 0.120. The number of halogens is 1. The van der Waals surface area contributed by atoms with Gasteiger partial charge in [-0.05, 0) is 25.0 Å². The first kappa shape index (κ1) is 13.5. The highest BCUT2D eigenvalue weighted by Crippen LogP contribution is 2.12. The molecule has 2 rings (SSSR count). The highest BCUT2D eigenvalue weighted by Gasteiger charge is 2.07. The van der Waals surface area contributed by atoms with E-state index >= 15 is 0 Å². The number of carbonyl (C=O) groups is 1. The Balaban J connectivity index is 2.05. The molecule has 5 heteroatoms. The second-order valence-corrected chi connectivity index (χ2v) is 4.77. The summed E-state index contributed by atoms with van der Waals surface area (Å²) in [5.74, 6) is 0.282. The van der Waals surface area contributed by atoms with Crippen molar-refractivity contribution in [1.82, 2.24) is 9.97 Å². The summed E-state index contributed by atoms with van der Waals surface area (Å²) in [5.41, 5.74) is 3.25. The van der Waals surface area contributed by atoms with Gasteiger partial charge in [0.2, 0.25) is 5.91 Å². The minimum atomic E-state index is -0.120. The molecule has 1 amide bonds. The molecule has 0 saturated heterocycles. The van der Waals surface area contributed by atoms with Gasteiger partial charge in [0.25, 0.3) is 0 Å². The molecule has 4 nitrogen and oxygen atoms in total. The first-order valence-corrected chi connectivity index (χ1v) is 6.26. The average molecular weight is 276 g/mol. The number of carbonyl (C=O) groups excluding carboxylic acids is 1. The minimum Gasteiger partial charge on any atom is -0.309 e. The van der Waals surface area contributed by atoms with E-state index in [9.17, 15) is 4.79 Å². The number of hydrogen-bond acceptors (Lipinski definition) is 3. The molecular weight excluding hydrogens is 262 g/mol. The molecule has 1 aromatic heterocycles. The second-order valence-electron chi connectivity index (χ2n) is 4.38. The molecule has 0 unspecified atom stereocenters. The van der Waals surface area contributed by atoms with Crippen molar-refractivity contribution in [1.29, 1.82) is 0 Å². The van der Waals surface area contributed by atoms with Gasteiger partial charge < -0.3 is 5.32 Å². The number of nitrogens with one attached hydrogen (secondary N) is 1. The zero-order chi connectivity index (χ0) is 13.8. The summed E-state index contributed by atoms with van der Waals surface area (Å²) < 4.78 is 0. The van der Waals surface area contributed by atoms with Gasteiger partial charge in [-0.2, -0.15) is 0 Å². The van der Waals surface area contributed by atoms with Gasteiger partial charge in [-0.3, -0.25) is 4.79 Å². The van der Waals surface area contributed by atoms with E-state index in [0.29, 0.717) is 17.4 Å². The largest absolute Gasteiger partial charge is 0.309 e. The van der Waals surface area contributed by atoms with Crippen LogP contribution in [-0.2, 0) is 11.2 Å². The third-order valence-corrected chi connectivity index (χ3v) is 2.94. The number of rotatable bonds is 3. The number of anilines is 1. The molecule has 0 fully saturated rings. The lowest BCUT2D eigenvalue weighted by molar-refractivity contribution is -0.115. The smallest absolute Gasteiger partial charge is 0.229 e. The van der Waals surface area contributed by atoms with E-state index < -0.39 is 0 Å². The van der Waals surface area contributed by atoms with Gasteiger partial charge in [0.15, 0.2) is 5.82 Å². The summed E-state index contributed by atoms with van der Waals surface area (Å²) >= 11 is 5.63. The third-order valence-electron chi connectivity index (χ3n) is 2.74. The van der Waals surface area contributed by atoms with E-state index in [4.69, 9.17) is 11.6 Å². The van der Waals surface area contributed by atoms with E-state index in [-0.39, 0.29) is 5.91 Å². The van der Waals surface area contributed by atoms with Gasteiger partial charge in [0, 0.05) is 0 Å². The van der Waals surface area contributed by atoms with Gasteiger partial charge in [0.1, 0.15) is 5.15 Å². The number of nitrogens with zero attached hydrogens (tertiary/aromatic N) is 2. The van der Waals surface area contributed by atoms with Crippen LogP contribution in [0, 0.1) is 13.8 Å². The van der Waals surface area contributed by atoms with Crippen molar-refractivity contribution in [3.63, 3.8) is 0 Å². The van der Waals surface area contributed by atoms with E-state index in [1.165, 1.54) is 12.4 Å². The number of aromatic nitrogens is 2. The third kappa shape index (κ3) is 3.76. The zero-order valence-corrected chi connectivity index (χ0v) is 11.5. The second kappa shape index (κ2) is 5.80. The van der Waals surface area contributed by atoms with E-state index in [2.05, 4.69) is 15.3 Å². The molecule has 98 valence electrons. The van der Waals surface area contributed by atoms with Crippen molar-refractivity contribution in [2.75, 3.05) is 5.32 Å². The van der Waals surface area contributed by atoms with Crippen LogP contribution in [0.5, 0.6) is 0 Å². The van der Waals surface area contributed by atoms with Crippen molar-refractivity contribution in [2.24, 2.45) is 0 Å². The Morgan fingerprint density at radius 1 is 1.26 bits per heavy atom. The SMILES string of the molecule is Cc1ccc(C)c(CC(=O)Nc2cnc(Cl)cn2)c1. The predicted octanol–water partition coefficient (Wildman–Crippen LogP) is 2.93. The fourth-order valence-corrected chi connectivity index (χ4v) is 1.83. The molecule has 1 heterocycles. The molecule has 0 aliphatic rings. The van der Waals surface area contributed by atoms with Crippen LogP contribution in [0.25, 0.3) is 0 Å². The van der Waals surface area contributed by atoms with Crippen LogP contribution in [0.1, 0.15) is 16.7 Å². The van der Waals surface area contributed by atoms with Crippen molar-refractivity contribution < 1.29 is 4.79 Å². The molecule has 0 atom stereocenters. The van der Waals surface area contributed by atoms with Gasteiger partial charge >= 0.3 is 0 Å². The summed E-state index contributed by atoms with van der Waals surface area (Å²) in [6.07, 6.45) is 3.15. The van der Waals surface area contributed by atoms with Crippen LogP contribution >= 0.6 is 11.6 Å². The van der Waals surface area contributed by atoms with Crippen molar-refractivity contribution in [2.45, 2.75) is 20.3 Å². The maximum absolute atomic E-state index is 11.9. The zero-order valence-electron chi connectivity index (χ0n) is 10.8. The molecule has 0 aliphatic carbocycles. The van der Waals surface area contributed by atoms with Crippen LogP contribution in [0.4, 0.5) is 5.82 Å². The van der Waals surface area contributed by atoms with Gasteiger partial charge in [-0.25, -0.2) is 9.97 Å². The number of hydrogen-bond donors (Lipinski definition) is 1. The molecule has 2 aromatic rings.